The van der Waals surface area contributed by atoms with Gasteiger partial charge in [-0.15, -0.1) is 11.3 Å². The third-order valence-corrected chi connectivity index (χ3v) is 6.34. The normalized spacial score (nSPS) is 18.4. The third-order valence-electron chi connectivity index (χ3n) is 5.48. The lowest BCUT2D eigenvalue weighted by Gasteiger charge is -2.22. The predicted molar refractivity (Wildman–Crippen MR) is 110 cm³/mol. The first-order chi connectivity index (χ1) is 14.2. The molecule has 1 aliphatic rings. The number of rotatable bonds is 3. The van der Waals surface area contributed by atoms with Crippen molar-refractivity contribution >= 4 is 22.4 Å². The number of pyridine rings is 1. The number of thiazole rings is 1. The number of aliphatic hydroxyl groups is 1. The summed E-state index contributed by atoms with van der Waals surface area (Å²) in [5, 5.41) is 22.5. The standard InChI is InChI=1S/C21H16N6OS/c28-21(6-9-27-10-8-23-20(21)27)14-4-1-3-13(11-14)16-12-29-19(24-16)17-15-5-2-7-22-18(15)26-25-17/h1-5,7-8,10-12,28H,6,9H2,(H,22,25,26)/t21-/m1/s1. The highest BCUT2D eigenvalue weighted by Crippen LogP contribution is 2.39. The number of H-pyrrole nitrogens is 1. The first-order valence-corrected chi connectivity index (χ1v) is 10.2. The maximum absolute atomic E-state index is 11.3. The number of aromatic nitrogens is 6. The summed E-state index contributed by atoms with van der Waals surface area (Å²) < 4.78 is 2.00. The zero-order valence-electron chi connectivity index (χ0n) is 15.3. The van der Waals surface area contributed by atoms with Gasteiger partial charge >= 0.3 is 0 Å². The smallest absolute Gasteiger partial charge is 0.181 e. The number of hydrogen-bond acceptors (Lipinski definition) is 6. The van der Waals surface area contributed by atoms with Crippen molar-refractivity contribution in [3.8, 4) is 22.0 Å². The molecule has 0 saturated heterocycles. The molecule has 8 heteroatoms. The van der Waals surface area contributed by atoms with Crippen LogP contribution in [0, 0.1) is 0 Å². The summed E-state index contributed by atoms with van der Waals surface area (Å²) in [6, 6.07) is 11.8. The Balaban J connectivity index is 1.40. The lowest BCUT2D eigenvalue weighted by molar-refractivity contribution is 0.0786. The van der Waals surface area contributed by atoms with E-state index >= 15 is 0 Å². The van der Waals surface area contributed by atoms with Crippen LogP contribution in [0.1, 0.15) is 17.8 Å². The van der Waals surface area contributed by atoms with Gasteiger partial charge < -0.3 is 9.67 Å². The number of hydrogen-bond donors (Lipinski definition) is 2. The average Bonchev–Trinajstić information content (AvgIpc) is 3.53. The second kappa shape index (κ2) is 6.07. The molecule has 0 bridgehead atoms. The Morgan fingerprint density at radius 1 is 1.14 bits per heavy atom. The lowest BCUT2D eigenvalue weighted by Crippen LogP contribution is -2.25. The fourth-order valence-corrected chi connectivity index (χ4v) is 4.83. The second-order valence-electron chi connectivity index (χ2n) is 7.15. The van der Waals surface area contributed by atoms with Crippen molar-refractivity contribution in [2.45, 2.75) is 18.6 Å². The maximum atomic E-state index is 11.3. The van der Waals surface area contributed by atoms with E-state index in [1.54, 1.807) is 23.7 Å². The van der Waals surface area contributed by atoms with Gasteiger partial charge in [0, 0.05) is 47.9 Å². The molecule has 5 aromatic rings. The molecule has 142 valence electrons. The van der Waals surface area contributed by atoms with Gasteiger partial charge in [-0.2, -0.15) is 5.10 Å². The highest BCUT2D eigenvalue weighted by Gasteiger charge is 2.40. The molecule has 1 atom stereocenters. The van der Waals surface area contributed by atoms with E-state index in [-0.39, 0.29) is 0 Å². The van der Waals surface area contributed by atoms with Crippen LogP contribution in [-0.2, 0) is 12.1 Å². The molecule has 1 aliphatic heterocycles. The number of aryl methyl sites for hydroxylation is 1. The zero-order valence-corrected chi connectivity index (χ0v) is 16.1. The van der Waals surface area contributed by atoms with Crippen molar-refractivity contribution in [3.63, 3.8) is 0 Å². The highest BCUT2D eigenvalue weighted by molar-refractivity contribution is 7.13. The molecule has 5 heterocycles. The average molecular weight is 400 g/mol. The molecular weight excluding hydrogens is 384 g/mol. The molecule has 2 N–H and O–H groups in total. The lowest BCUT2D eigenvalue weighted by atomic mass is 9.90. The van der Waals surface area contributed by atoms with Crippen molar-refractivity contribution in [1.29, 1.82) is 0 Å². The van der Waals surface area contributed by atoms with E-state index in [4.69, 9.17) is 4.98 Å². The summed E-state index contributed by atoms with van der Waals surface area (Å²) in [5.74, 6) is 0.699. The first-order valence-electron chi connectivity index (χ1n) is 9.32. The second-order valence-corrected chi connectivity index (χ2v) is 8.00. The van der Waals surface area contributed by atoms with Gasteiger partial charge in [0.15, 0.2) is 5.65 Å². The molecule has 7 nitrogen and oxygen atoms in total. The Morgan fingerprint density at radius 2 is 2.10 bits per heavy atom. The Hall–Kier alpha value is -3.36. The number of nitrogens with zero attached hydrogens (tertiary/aromatic N) is 5. The van der Waals surface area contributed by atoms with E-state index in [1.807, 2.05) is 52.5 Å². The van der Waals surface area contributed by atoms with E-state index in [9.17, 15) is 5.11 Å². The number of nitrogens with one attached hydrogen (secondary N) is 1. The molecule has 6 rings (SSSR count). The van der Waals surface area contributed by atoms with E-state index in [1.165, 1.54) is 0 Å². The number of benzene rings is 1. The van der Waals surface area contributed by atoms with E-state index < -0.39 is 5.60 Å². The molecule has 0 amide bonds. The molecule has 0 spiro atoms. The first kappa shape index (κ1) is 16.6. The van der Waals surface area contributed by atoms with E-state index in [0.29, 0.717) is 17.9 Å². The van der Waals surface area contributed by atoms with Crippen LogP contribution in [0.25, 0.3) is 33.0 Å². The van der Waals surface area contributed by atoms with Crippen LogP contribution in [0.3, 0.4) is 0 Å². The number of fused-ring (bicyclic) bond motifs is 2. The molecule has 0 radical (unpaired) electrons. The minimum Gasteiger partial charge on any atom is -0.377 e. The van der Waals surface area contributed by atoms with E-state index in [2.05, 4.69) is 20.2 Å². The number of aromatic amines is 1. The number of imidazole rings is 1. The Labute approximate surface area is 169 Å². The van der Waals surface area contributed by atoms with Crippen LogP contribution in [0.4, 0.5) is 0 Å². The van der Waals surface area contributed by atoms with Crippen LogP contribution in [0.2, 0.25) is 0 Å². The van der Waals surface area contributed by atoms with Gasteiger partial charge in [0.2, 0.25) is 0 Å². The topological polar surface area (TPSA) is 92.5 Å². The van der Waals surface area contributed by atoms with Gasteiger partial charge in [0.05, 0.1) is 5.69 Å². The zero-order chi connectivity index (χ0) is 19.4. The highest BCUT2D eigenvalue weighted by atomic mass is 32.1. The van der Waals surface area contributed by atoms with Gasteiger partial charge in [-0.3, -0.25) is 5.10 Å². The summed E-state index contributed by atoms with van der Waals surface area (Å²) in [5.41, 5.74) is 3.15. The summed E-state index contributed by atoms with van der Waals surface area (Å²) in [7, 11) is 0. The van der Waals surface area contributed by atoms with Crippen LogP contribution in [-0.4, -0.2) is 34.8 Å². The summed E-state index contributed by atoms with van der Waals surface area (Å²) >= 11 is 1.56. The monoisotopic (exact) mass is 400 g/mol. The minimum atomic E-state index is -1.07. The fourth-order valence-electron chi connectivity index (χ4n) is 3.99. The fraction of sp³-hybridized carbons (Fsp3) is 0.143. The summed E-state index contributed by atoms with van der Waals surface area (Å²) in [4.78, 5) is 13.5. The quantitative estimate of drug-likeness (QED) is 0.483. The van der Waals surface area contributed by atoms with Gasteiger partial charge in [0.1, 0.15) is 22.1 Å². The molecule has 1 aromatic carbocycles. The van der Waals surface area contributed by atoms with Gasteiger partial charge in [-0.25, -0.2) is 15.0 Å². The van der Waals surface area contributed by atoms with Crippen LogP contribution < -0.4 is 0 Å². The molecule has 0 fully saturated rings. The van der Waals surface area contributed by atoms with Gasteiger partial charge in [-0.05, 0) is 23.8 Å². The Bertz CT molecular complexity index is 1350. The minimum absolute atomic E-state index is 0.620. The van der Waals surface area contributed by atoms with Crippen molar-refractivity contribution in [2.24, 2.45) is 0 Å². The van der Waals surface area contributed by atoms with Crippen LogP contribution >= 0.6 is 11.3 Å². The Kier molecular flexibility index (Phi) is 3.47. The maximum Gasteiger partial charge on any atom is 0.181 e. The van der Waals surface area contributed by atoms with Crippen molar-refractivity contribution in [2.75, 3.05) is 0 Å². The van der Waals surface area contributed by atoms with Gasteiger partial charge in [-0.1, -0.05) is 18.2 Å². The van der Waals surface area contributed by atoms with Crippen LogP contribution in [0.15, 0.2) is 60.4 Å². The molecule has 29 heavy (non-hydrogen) atoms. The van der Waals surface area contributed by atoms with Gasteiger partial charge in [0.25, 0.3) is 0 Å². The van der Waals surface area contributed by atoms with Crippen molar-refractivity contribution < 1.29 is 5.11 Å². The summed E-state index contributed by atoms with van der Waals surface area (Å²) in [6.07, 6.45) is 5.99. The molecular formula is C21H16N6OS. The summed E-state index contributed by atoms with van der Waals surface area (Å²) in [6.45, 7) is 0.762. The largest absolute Gasteiger partial charge is 0.377 e. The SMILES string of the molecule is O[C@@]1(c2cccc(-c3csc(-c4[nH]nc5ncccc45)n3)c2)CCn2ccnc21. The molecule has 0 saturated carbocycles. The van der Waals surface area contributed by atoms with Crippen molar-refractivity contribution in [3.05, 3.63) is 71.8 Å². The molecule has 0 unspecified atom stereocenters. The van der Waals surface area contributed by atoms with E-state index in [0.717, 1.165) is 39.5 Å². The Morgan fingerprint density at radius 3 is 3.07 bits per heavy atom. The predicted octanol–water partition coefficient (Wildman–Crippen LogP) is 3.58. The van der Waals surface area contributed by atoms with Crippen molar-refractivity contribution in [1.82, 2.24) is 29.7 Å². The van der Waals surface area contributed by atoms with Crippen LogP contribution in [0.5, 0.6) is 0 Å². The third kappa shape index (κ3) is 2.46. The molecule has 4 aromatic heterocycles. The molecule has 0 aliphatic carbocycles.